The van der Waals surface area contributed by atoms with E-state index in [-0.39, 0.29) is 41.2 Å². The summed E-state index contributed by atoms with van der Waals surface area (Å²) in [5.41, 5.74) is 6.68. The van der Waals surface area contributed by atoms with Gasteiger partial charge in [-0.25, -0.2) is 0 Å². The highest BCUT2D eigenvalue weighted by Crippen LogP contribution is 2.47. The fraction of sp³-hybridized carbons (Fsp3) is 0.246. The van der Waals surface area contributed by atoms with Crippen LogP contribution in [0, 0.1) is 30.6 Å². The van der Waals surface area contributed by atoms with Crippen molar-refractivity contribution in [1.82, 2.24) is 0 Å². The lowest BCUT2D eigenvalue weighted by molar-refractivity contribution is -0.159. The molecule has 4 unspecified atom stereocenters. The molecule has 0 bridgehead atoms. The first kappa shape index (κ1) is 62.7. The molecule has 4 aliphatic carbocycles. The highest BCUT2D eigenvalue weighted by Gasteiger charge is 2.51. The topological polar surface area (TPSA) is 86.7 Å². The molecule has 0 aliphatic heterocycles. The van der Waals surface area contributed by atoms with Crippen LogP contribution in [0.3, 0.4) is 0 Å². The predicted molar refractivity (Wildman–Crippen MR) is 305 cm³/mol. The summed E-state index contributed by atoms with van der Waals surface area (Å²) in [5, 5.41) is 0. The summed E-state index contributed by atoms with van der Waals surface area (Å²) in [6, 6.07) is 44.4. The first-order chi connectivity index (χ1) is 41.0. The van der Waals surface area contributed by atoms with Crippen molar-refractivity contribution < 1.29 is 81.3 Å². The van der Waals surface area contributed by atoms with Crippen molar-refractivity contribution in [3.05, 3.63) is 225 Å². The number of hydrogen-bond acceptors (Lipinski definition) is 6. The maximum Gasteiger partial charge on any atom is 0.416 e. The number of aryl methyl sites for hydroxylation is 1. The molecule has 0 saturated heterocycles. The van der Waals surface area contributed by atoms with Gasteiger partial charge in [0, 0.05) is 39.7 Å². The summed E-state index contributed by atoms with van der Waals surface area (Å²) in [6.45, 7) is 6.09. The predicted octanol–water partition coefficient (Wildman–Crippen LogP) is 18.4. The minimum atomic E-state index is -5.12. The number of benzene rings is 8. The Hall–Kier alpha value is -8.80. The molecule has 0 radical (unpaired) electrons. The third kappa shape index (κ3) is 13.0. The Morgan fingerprint density at radius 3 is 1.31 bits per heavy atom. The number of Topliss-reactive ketones (excluding diaryl/α,β-unsaturated/α-hetero) is 4. The van der Waals surface area contributed by atoms with Crippen molar-refractivity contribution in [1.29, 1.82) is 0 Å². The number of halogens is 12. The Morgan fingerprint density at radius 1 is 0.379 bits per heavy atom. The molecule has 0 N–H and O–H groups in total. The number of hydrogen-bond donors (Lipinski definition) is 0. The van der Waals surface area contributed by atoms with E-state index in [0.29, 0.717) is 40.4 Å². The molecule has 0 heterocycles. The van der Waals surface area contributed by atoms with Crippen molar-refractivity contribution >= 4 is 23.1 Å². The third-order valence-corrected chi connectivity index (χ3v) is 15.9. The number of fused-ring (bicyclic) bond motifs is 4. The van der Waals surface area contributed by atoms with E-state index in [4.69, 9.17) is 9.47 Å². The second-order valence-corrected chi connectivity index (χ2v) is 21.7. The van der Waals surface area contributed by atoms with Crippen molar-refractivity contribution in [2.45, 2.75) is 71.2 Å². The molecule has 450 valence electrons. The summed E-state index contributed by atoms with van der Waals surface area (Å²) < 4.78 is 167. The molecule has 6 nitrogen and oxygen atoms in total. The lowest BCUT2D eigenvalue weighted by Gasteiger charge is -2.16. The molecule has 18 heteroatoms. The van der Waals surface area contributed by atoms with Crippen LogP contribution in [0.15, 0.2) is 164 Å². The number of alkyl halides is 12. The summed E-state index contributed by atoms with van der Waals surface area (Å²) in [4.78, 5) is 49.2. The number of carbonyl (C=O) groups is 4. The highest BCUT2D eigenvalue weighted by atomic mass is 19.4. The van der Waals surface area contributed by atoms with Gasteiger partial charge in [0.05, 0.1) is 25.3 Å². The van der Waals surface area contributed by atoms with Crippen molar-refractivity contribution in [3.8, 4) is 56.0 Å². The number of methoxy groups -OCH3 is 2. The molecule has 0 spiro atoms. The molecule has 0 saturated carbocycles. The average molecular weight is 1210 g/mol. The Balaban J connectivity index is 0.000000140. The van der Waals surface area contributed by atoms with Crippen LogP contribution in [0.25, 0.3) is 44.5 Å². The van der Waals surface area contributed by atoms with Crippen LogP contribution in [0.5, 0.6) is 11.5 Å². The van der Waals surface area contributed by atoms with E-state index >= 15 is 0 Å². The Morgan fingerprint density at radius 2 is 0.828 bits per heavy atom. The number of ether oxygens (including phenoxy) is 2. The van der Waals surface area contributed by atoms with E-state index < -0.39 is 82.3 Å². The van der Waals surface area contributed by atoms with Crippen LogP contribution < -0.4 is 9.47 Å². The lowest BCUT2D eigenvalue weighted by atomic mass is 9.92. The minimum Gasteiger partial charge on any atom is -0.497 e. The molecular formula is C69H54F12O6. The minimum absolute atomic E-state index is 0.0498. The maximum absolute atomic E-state index is 13.0. The van der Waals surface area contributed by atoms with Crippen LogP contribution in [0.1, 0.15) is 94.2 Å². The monoisotopic (exact) mass is 1210 g/mol. The molecule has 87 heavy (non-hydrogen) atoms. The maximum atomic E-state index is 13.0. The molecule has 0 fully saturated rings. The van der Waals surface area contributed by atoms with E-state index in [1.165, 1.54) is 30.4 Å². The van der Waals surface area contributed by atoms with E-state index in [9.17, 15) is 71.9 Å². The van der Waals surface area contributed by atoms with Crippen molar-refractivity contribution in [2.75, 3.05) is 14.2 Å². The first-order valence-electron chi connectivity index (χ1n) is 27.4. The second-order valence-electron chi connectivity index (χ2n) is 21.7. The Labute approximate surface area is 492 Å². The van der Waals surface area contributed by atoms with Crippen LogP contribution in [-0.2, 0) is 38.0 Å². The van der Waals surface area contributed by atoms with E-state index in [0.717, 1.165) is 63.6 Å². The normalized spacial score (nSPS) is 17.6. The number of ketones is 4. The van der Waals surface area contributed by atoms with Crippen LogP contribution in [-0.4, -0.2) is 49.7 Å². The lowest BCUT2D eigenvalue weighted by Crippen LogP contribution is -2.28. The van der Waals surface area contributed by atoms with Gasteiger partial charge in [0.1, 0.15) is 23.3 Å². The molecule has 0 amide bonds. The number of carbonyl (C=O) groups excluding carboxylic acids is 4. The third-order valence-electron chi connectivity index (χ3n) is 15.9. The number of rotatable bonds is 6. The van der Waals surface area contributed by atoms with Gasteiger partial charge in [0.25, 0.3) is 0 Å². The molecular weight excluding hydrogens is 1150 g/mol. The fourth-order valence-corrected chi connectivity index (χ4v) is 11.6. The van der Waals surface area contributed by atoms with Crippen LogP contribution >= 0.6 is 0 Å². The molecule has 4 aliphatic rings. The largest absolute Gasteiger partial charge is 0.497 e. The van der Waals surface area contributed by atoms with Gasteiger partial charge in [-0.05, 0) is 142 Å². The smallest absolute Gasteiger partial charge is 0.416 e. The average Bonchev–Trinajstić information content (AvgIpc) is 1.90. The van der Waals surface area contributed by atoms with E-state index in [2.05, 4.69) is 31.2 Å². The first-order valence-corrected chi connectivity index (χ1v) is 27.4. The second kappa shape index (κ2) is 24.5. The van der Waals surface area contributed by atoms with Gasteiger partial charge in [-0.3, -0.25) is 19.2 Å². The molecule has 12 rings (SSSR count). The summed E-state index contributed by atoms with van der Waals surface area (Å²) in [7, 11) is 3.19. The summed E-state index contributed by atoms with van der Waals surface area (Å²) >= 11 is 0. The van der Waals surface area contributed by atoms with Crippen molar-refractivity contribution in [2.24, 2.45) is 23.7 Å². The summed E-state index contributed by atoms with van der Waals surface area (Å²) in [6.07, 6.45) is -18.9. The zero-order valence-corrected chi connectivity index (χ0v) is 47.2. The molecule has 0 aromatic heterocycles. The SMILES string of the molecule is COc1ccc(-c2cccc3c2C(=O)C(C(F)(F)F)C3)cc1.COc1ccc(-c2ccccc2)c2c1CC(C)C2=O.Cc1ccc2c(c1-c1ccccc1)C(=O)C(C)C2.O=C1c2c(cccc2-c2cc(C(F)(F)F)cc(C(F)(F)F)c2)CC1C(F)(F)F. The fourth-order valence-electron chi connectivity index (χ4n) is 11.6. The molecule has 8 aromatic rings. The standard InChI is InChI=1S/C18H9F9O.C17H13F3O2.C17H16O2.C17H16O/c19-16(20,21)10-4-9(5-11(7-10)17(22,23)24)12-3-1-2-8-6-13(18(25,26)27)15(28)14(8)12;1-22-12-7-5-10(6-8-12)13-4-2-3-11-9-14(17(18,19)20)16(21)15(11)13;1-11-10-14-15(19-2)9-8-13(16(14)17(11)18)12-6-4-3-5-7-12;1-11-8-9-14-10-12(2)17(18)16(14)15(11)13-6-4-3-5-7-13/h1-5,7,13H,6H2;2-8,14H,9H2,1H3;3-9,11H,10H2,1-2H3;3-9,12H,10H2,1-2H3. The quantitative estimate of drug-likeness (QED) is 0.154. The van der Waals surface area contributed by atoms with Crippen molar-refractivity contribution in [3.63, 3.8) is 0 Å². The van der Waals surface area contributed by atoms with Gasteiger partial charge in [-0.2, -0.15) is 52.7 Å². The van der Waals surface area contributed by atoms with E-state index in [1.54, 1.807) is 49.6 Å². The summed E-state index contributed by atoms with van der Waals surface area (Å²) in [5.74, 6) is -4.34. The molecule has 8 aromatic carbocycles. The van der Waals surface area contributed by atoms with Gasteiger partial charge >= 0.3 is 24.7 Å². The molecule has 4 atom stereocenters. The van der Waals surface area contributed by atoms with Crippen LogP contribution in [0.2, 0.25) is 0 Å². The highest BCUT2D eigenvalue weighted by molar-refractivity contribution is 6.10. The van der Waals surface area contributed by atoms with Gasteiger partial charge < -0.3 is 9.47 Å². The van der Waals surface area contributed by atoms with E-state index in [1.807, 2.05) is 74.5 Å². The van der Waals surface area contributed by atoms with Gasteiger partial charge in [0.15, 0.2) is 23.1 Å². The Bertz CT molecular complexity index is 3890. The van der Waals surface area contributed by atoms with Gasteiger partial charge in [-0.1, -0.05) is 135 Å². The Kier molecular flexibility index (Phi) is 17.7. The zero-order valence-electron chi connectivity index (χ0n) is 47.2. The van der Waals surface area contributed by atoms with Gasteiger partial charge in [0.2, 0.25) is 0 Å². The van der Waals surface area contributed by atoms with Gasteiger partial charge in [-0.15, -0.1) is 0 Å². The zero-order chi connectivity index (χ0) is 63.1. The van der Waals surface area contributed by atoms with Crippen LogP contribution in [0.4, 0.5) is 52.7 Å².